The monoisotopic (exact) mass is 207 g/mol. The number of aromatic nitrogens is 2. The molecule has 0 bridgehead atoms. The van der Waals surface area contributed by atoms with Gasteiger partial charge in [0, 0.05) is 26.0 Å². The summed E-state index contributed by atoms with van der Waals surface area (Å²) in [4.78, 5) is 6.60. The highest BCUT2D eigenvalue weighted by atomic mass is 15.3. The average molecular weight is 207 g/mol. The van der Waals surface area contributed by atoms with E-state index in [1.165, 1.54) is 6.42 Å². The molecule has 0 radical (unpaired) electrons. The Morgan fingerprint density at radius 3 is 2.73 bits per heavy atom. The lowest BCUT2D eigenvalue weighted by Gasteiger charge is -2.14. The Balaban J connectivity index is 0.000000337. The van der Waals surface area contributed by atoms with Crippen molar-refractivity contribution in [3.05, 3.63) is 18.0 Å². The number of nitrogens with zero attached hydrogens (tertiary/aromatic N) is 3. The van der Waals surface area contributed by atoms with Crippen LogP contribution in [-0.4, -0.2) is 23.1 Å². The third kappa shape index (κ3) is 3.11. The predicted molar refractivity (Wildman–Crippen MR) is 66.1 cm³/mol. The van der Waals surface area contributed by atoms with Crippen LogP contribution in [0.25, 0.3) is 6.20 Å². The van der Waals surface area contributed by atoms with Gasteiger partial charge in [-0.3, -0.25) is 4.57 Å². The molecule has 15 heavy (non-hydrogen) atoms. The lowest BCUT2D eigenvalue weighted by Crippen LogP contribution is -2.19. The predicted octanol–water partition coefficient (Wildman–Crippen LogP) is 2.92. The van der Waals surface area contributed by atoms with Gasteiger partial charge in [-0.2, -0.15) is 0 Å². The Kier molecular flexibility index (Phi) is 4.40. The molecule has 0 aliphatic carbocycles. The Morgan fingerprint density at radius 1 is 1.40 bits per heavy atom. The zero-order chi connectivity index (χ0) is 11.3. The van der Waals surface area contributed by atoms with Crippen molar-refractivity contribution in [2.24, 2.45) is 0 Å². The van der Waals surface area contributed by atoms with Gasteiger partial charge < -0.3 is 4.90 Å². The minimum absolute atomic E-state index is 1.04. The summed E-state index contributed by atoms with van der Waals surface area (Å²) in [5.74, 6) is 1.04. The van der Waals surface area contributed by atoms with Crippen molar-refractivity contribution in [2.45, 2.75) is 33.6 Å². The van der Waals surface area contributed by atoms with Gasteiger partial charge >= 0.3 is 0 Å². The molecule has 1 aromatic rings. The molecule has 2 heterocycles. The van der Waals surface area contributed by atoms with Gasteiger partial charge in [0.15, 0.2) is 0 Å². The van der Waals surface area contributed by atoms with Gasteiger partial charge in [-0.15, -0.1) is 0 Å². The van der Waals surface area contributed by atoms with Gasteiger partial charge in [-0.1, -0.05) is 26.3 Å². The van der Waals surface area contributed by atoms with E-state index >= 15 is 0 Å². The third-order valence-corrected chi connectivity index (χ3v) is 2.07. The van der Waals surface area contributed by atoms with Crippen molar-refractivity contribution < 1.29 is 0 Å². The molecule has 1 aromatic heterocycles. The minimum atomic E-state index is 1.04. The summed E-state index contributed by atoms with van der Waals surface area (Å²) in [5, 5.41) is 0. The van der Waals surface area contributed by atoms with Gasteiger partial charge in [0.05, 0.1) is 5.69 Å². The maximum atomic E-state index is 4.43. The van der Waals surface area contributed by atoms with Crippen molar-refractivity contribution >= 4 is 12.1 Å². The second-order valence-electron chi connectivity index (χ2n) is 3.89. The quantitative estimate of drug-likeness (QED) is 0.652. The molecular formula is C12H21N3. The van der Waals surface area contributed by atoms with Crippen molar-refractivity contribution in [2.75, 3.05) is 18.5 Å². The van der Waals surface area contributed by atoms with Gasteiger partial charge in [-0.25, -0.2) is 4.98 Å². The van der Waals surface area contributed by atoms with Crippen molar-refractivity contribution in [1.82, 2.24) is 9.55 Å². The smallest absolute Gasteiger partial charge is 0.209 e. The zero-order valence-corrected chi connectivity index (χ0v) is 10.2. The van der Waals surface area contributed by atoms with Gasteiger partial charge in [0.1, 0.15) is 0 Å². The molecule has 84 valence electrons. The molecule has 0 aromatic carbocycles. The highest BCUT2D eigenvalue weighted by Gasteiger charge is 2.09. The maximum absolute atomic E-state index is 4.43. The Morgan fingerprint density at radius 2 is 2.07 bits per heavy atom. The zero-order valence-electron chi connectivity index (χ0n) is 10.2. The van der Waals surface area contributed by atoms with Crippen LogP contribution in [-0.2, 0) is 0 Å². The molecule has 0 saturated heterocycles. The van der Waals surface area contributed by atoms with Crippen LogP contribution >= 0.6 is 0 Å². The first-order chi connectivity index (χ1) is 7.19. The molecular weight excluding hydrogens is 186 g/mol. The Labute approximate surface area is 92.4 Å². The summed E-state index contributed by atoms with van der Waals surface area (Å²) in [6.07, 6.45) is 8.65. The molecule has 0 fully saturated rings. The molecule has 0 N–H and O–H groups in total. The fourth-order valence-electron chi connectivity index (χ4n) is 1.45. The minimum Gasteiger partial charge on any atom is -0.345 e. The standard InChI is InChI=1S/C9H13N3.C3H8/c1-8-7-12-6-4-3-5-11(2)9(12)10-8;1-3-2/h4,6-7H,3,5H2,1-2H3;3H2,1-2H3. The molecule has 0 amide bonds. The maximum Gasteiger partial charge on any atom is 0.209 e. The SMILES string of the molecule is CCC.Cc1cn2c(n1)N(C)CCC=C2. The van der Waals surface area contributed by atoms with E-state index in [2.05, 4.69) is 47.6 Å². The summed E-state index contributed by atoms with van der Waals surface area (Å²) in [7, 11) is 2.07. The van der Waals surface area contributed by atoms with E-state index in [1.54, 1.807) is 0 Å². The van der Waals surface area contributed by atoms with Gasteiger partial charge in [0.25, 0.3) is 0 Å². The van der Waals surface area contributed by atoms with E-state index in [0.717, 1.165) is 24.6 Å². The van der Waals surface area contributed by atoms with Crippen molar-refractivity contribution in [3.63, 3.8) is 0 Å². The third-order valence-electron chi connectivity index (χ3n) is 2.07. The van der Waals surface area contributed by atoms with E-state index in [9.17, 15) is 0 Å². The Bertz CT molecular complexity index is 326. The average Bonchev–Trinajstić information content (AvgIpc) is 2.48. The van der Waals surface area contributed by atoms with Crippen LogP contribution in [0.5, 0.6) is 0 Å². The highest BCUT2D eigenvalue weighted by molar-refractivity contribution is 5.43. The second-order valence-corrected chi connectivity index (χ2v) is 3.89. The van der Waals surface area contributed by atoms with Crippen LogP contribution in [0.2, 0.25) is 0 Å². The largest absolute Gasteiger partial charge is 0.345 e. The van der Waals surface area contributed by atoms with Crippen LogP contribution in [0, 0.1) is 6.92 Å². The topological polar surface area (TPSA) is 21.1 Å². The first-order valence-electron chi connectivity index (χ1n) is 5.62. The molecule has 3 nitrogen and oxygen atoms in total. The molecule has 3 heteroatoms. The highest BCUT2D eigenvalue weighted by Crippen LogP contribution is 2.16. The van der Waals surface area contributed by atoms with Crippen molar-refractivity contribution in [3.8, 4) is 0 Å². The lowest BCUT2D eigenvalue weighted by atomic mass is 10.4. The molecule has 1 aliphatic rings. The summed E-state index contributed by atoms with van der Waals surface area (Å²) in [5.41, 5.74) is 1.07. The molecule has 1 aliphatic heterocycles. The number of imidazole rings is 1. The fourth-order valence-corrected chi connectivity index (χ4v) is 1.45. The molecule has 2 rings (SSSR count). The normalized spacial score (nSPS) is 14.0. The summed E-state index contributed by atoms with van der Waals surface area (Å²) in [6, 6.07) is 0. The van der Waals surface area contributed by atoms with Crippen LogP contribution < -0.4 is 4.90 Å². The van der Waals surface area contributed by atoms with E-state index in [1.807, 2.05) is 13.1 Å². The second kappa shape index (κ2) is 5.59. The summed E-state index contributed by atoms with van der Waals surface area (Å²) in [6.45, 7) is 7.32. The van der Waals surface area contributed by atoms with Gasteiger partial charge in [-0.05, 0) is 13.3 Å². The number of anilines is 1. The first kappa shape index (κ1) is 11.8. The molecule has 0 unspecified atom stereocenters. The van der Waals surface area contributed by atoms with Crippen LogP contribution in [0.15, 0.2) is 12.3 Å². The lowest BCUT2D eigenvalue weighted by molar-refractivity contribution is 0.866. The number of aryl methyl sites for hydroxylation is 1. The van der Waals surface area contributed by atoms with Gasteiger partial charge in [0.2, 0.25) is 5.95 Å². The Hall–Kier alpha value is -1.25. The van der Waals surface area contributed by atoms with Crippen LogP contribution in [0.4, 0.5) is 5.95 Å². The van der Waals surface area contributed by atoms with E-state index in [4.69, 9.17) is 0 Å². The number of hydrogen-bond acceptors (Lipinski definition) is 2. The molecule has 0 saturated carbocycles. The molecule has 0 spiro atoms. The number of hydrogen-bond donors (Lipinski definition) is 0. The van der Waals surface area contributed by atoms with Crippen molar-refractivity contribution in [1.29, 1.82) is 0 Å². The van der Waals surface area contributed by atoms with Crippen LogP contribution in [0.1, 0.15) is 32.4 Å². The van der Waals surface area contributed by atoms with Crippen LogP contribution in [0.3, 0.4) is 0 Å². The van der Waals surface area contributed by atoms with E-state index in [-0.39, 0.29) is 0 Å². The number of fused-ring (bicyclic) bond motifs is 1. The number of rotatable bonds is 0. The summed E-state index contributed by atoms with van der Waals surface area (Å²) >= 11 is 0. The fraction of sp³-hybridized carbons (Fsp3) is 0.583. The van der Waals surface area contributed by atoms with E-state index < -0.39 is 0 Å². The molecule has 0 atom stereocenters. The summed E-state index contributed by atoms with van der Waals surface area (Å²) < 4.78 is 2.07. The first-order valence-corrected chi connectivity index (χ1v) is 5.62. The van der Waals surface area contributed by atoms with E-state index in [0.29, 0.717) is 0 Å².